The zero-order valence-corrected chi connectivity index (χ0v) is 28.2. The maximum absolute atomic E-state index is 12.8. The van der Waals surface area contributed by atoms with E-state index in [1.807, 2.05) is 48.5 Å². The Morgan fingerprint density at radius 1 is 0.500 bits per heavy atom. The van der Waals surface area contributed by atoms with Crippen molar-refractivity contribution in [2.45, 2.75) is 0 Å². The number of hydrogen-bond donors (Lipinski definition) is 0. The van der Waals surface area contributed by atoms with E-state index in [9.17, 15) is 4.79 Å². The van der Waals surface area contributed by atoms with Gasteiger partial charge in [0.2, 0.25) is 0 Å². The molecule has 252 valence electrons. The van der Waals surface area contributed by atoms with Crippen molar-refractivity contribution >= 4 is 17.2 Å². The summed E-state index contributed by atoms with van der Waals surface area (Å²) in [5.74, 6) is 3.95. The SMILES string of the molecule is COc1cccc(Oc2ccc(C(=O)c3ccc(Oc4cccc(OC)c4)cc3)cc2)c1.N#Cc1ccccc1C#N.[C-]#[N+]c1ccccc1[N+]#[C-]. The molecule has 0 amide bonds. The molecule has 9 nitrogen and oxygen atoms in total. The maximum atomic E-state index is 12.8. The van der Waals surface area contributed by atoms with Gasteiger partial charge in [-0.15, -0.1) is 0 Å². The fraction of sp³-hybridized carbons (Fsp3) is 0.0465. The molecule has 0 unspecified atom stereocenters. The van der Waals surface area contributed by atoms with Crippen molar-refractivity contribution < 1.29 is 23.7 Å². The number of hydrogen-bond acceptors (Lipinski definition) is 7. The summed E-state index contributed by atoms with van der Waals surface area (Å²) in [5, 5.41) is 16.9. The second-order valence-corrected chi connectivity index (χ2v) is 10.4. The van der Waals surface area contributed by atoms with Crippen molar-refractivity contribution in [1.82, 2.24) is 0 Å². The molecule has 0 spiro atoms. The Bertz CT molecular complexity index is 2060. The minimum atomic E-state index is -0.0779. The van der Waals surface area contributed by atoms with Gasteiger partial charge in [0, 0.05) is 23.3 Å². The Balaban J connectivity index is 0.000000245. The van der Waals surface area contributed by atoms with Crippen LogP contribution in [-0.2, 0) is 0 Å². The quantitative estimate of drug-likeness (QED) is 0.116. The van der Waals surface area contributed by atoms with Gasteiger partial charge >= 0.3 is 0 Å². The molecule has 0 aromatic heterocycles. The molecule has 0 fully saturated rings. The van der Waals surface area contributed by atoms with Crippen LogP contribution in [0.4, 0.5) is 11.4 Å². The van der Waals surface area contributed by atoms with Gasteiger partial charge in [0.05, 0.1) is 38.5 Å². The molecule has 0 bridgehead atoms. The molecule has 6 aromatic rings. The molecule has 52 heavy (non-hydrogen) atoms. The number of nitriles is 2. The summed E-state index contributed by atoms with van der Waals surface area (Å²) >= 11 is 0. The largest absolute Gasteiger partial charge is 0.497 e. The summed E-state index contributed by atoms with van der Waals surface area (Å²) in [7, 11) is 3.22. The van der Waals surface area contributed by atoms with E-state index < -0.39 is 0 Å². The van der Waals surface area contributed by atoms with Gasteiger partial charge in [-0.05, 0) is 84.9 Å². The Morgan fingerprint density at radius 3 is 1.21 bits per heavy atom. The topological polar surface area (TPSA) is 110 Å². The van der Waals surface area contributed by atoms with Crippen LogP contribution in [0.1, 0.15) is 27.0 Å². The van der Waals surface area contributed by atoms with Gasteiger partial charge < -0.3 is 18.9 Å². The lowest BCUT2D eigenvalue weighted by Gasteiger charge is -2.09. The lowest BCUT2D eigenvalue weighted by atomic mass is 10.0. The van der Waals surface area contributed by atoms with Gasteiger partial charge in [-0.3, -0.25) is 14.5 Å². The van der Waals surface area contributed by atoms with Crippen molar-refractivity contribution in [1.29, 1.82) is 10.5 Å². The van der Waals surface area contributed by atoms with E-state index in [4.69, 9.17) is 42.6 Å². The first-order valence-corrected chi connectivity index (χ1v) is 15.5. The van der Waals surface area contributed by atoms with Gasteiger partial charge in [-0.25, -0.2) is 0 Å². The monoisotopic (exact) mass is 682 g/mol. The average Bonchev–Trinajstić information content (AvgIpc) is 3.21. The number of para-hydroxylation sites is 2. The van der Waals surface area contributed by atoms with E-state index in [2.05, 4.69) is 9.69 Å². The highest BCUT2D eigenvalue weighted by Gasteiger charge is 2.10. The number of rotatable bonds is 8. The average molecular weight is 683 g/mol. The lowest BCUT2D eigenvalue weighted by molar-refractivity contribution is 0.103. The van der Waals surface area contributed by atoms with Crippen molar-refractivity contribution in [2.24, 2.45) is 0 Å². The van der Waals surface area contributed by atoms with Gasteiger partial charge in [-0.1, -0.05) is 48.5 Å². The van der Waals surface area contributed by atoms with Crippen molar-refractivity contribution in [3.05, 3.63) is 191 Å². The van der Waals surface area contributed by atoms with Gasteiger partial charge in [0.15, 0.2) is 17.2 Å². The van der Waals surface area contributed by atoms with Gasteiger partial charge in [0.1, 0.15) is 46.6 Å². The van der Waals surface area contributed by atoms with Crippen LogP contribution in [0, 0.1) is 35.8 Å². The number of carbonyl (C=O) groups is 1. The van der Waals surface area contributed by atoms with Crippen LogP contribution in [0.15, 0.2) is 146 Å². The second kappa shape index (κ2) is 19.2. The summed E-state index contributed by atoms with van der Waals surface area (Å²) in [6.45, 7) is 13.3. The van der Waals surface area contributed by atoms with Crippen LogP contribution in [0.5, 0.6) is 34.5 Å². The Kier molecular flexibility index (Phi) is 13.7. The second-order valence-electron chi connectivity index (χ2n) is 10.4. The molecule has 0 saturated heterocycles. The fourth-order valence-corrected chi connectivity index (χ4v) is 4.45. The highest BCUT2D eigenvalue weighted by Crippen LogP contribution is 2.28. The van der Waals surface area contributed by atoms with E-state index in [0.29, 0.717) is 68.1 Å². The van der Waals surface area contributed by atoms with Crippen LogP contribution < -0.4 is 18.9 Å². The van der Waals surface area contributed by atoms with Crippen molar-refractivity contribution in [2.75, 3.05) is 14.2 Å². The molecule has 0 saturated carbocycles. The molecule has 0 aliphatic rings. The number of ketones is 1. The minimum Gasteiger partial charge on any atom is -0.497 e. The molecule has 9 heteroatoms. The van der Waals surface area contributed by atoms with Gasteiger partial charge in [0.25, 0.3) is 0 Å². The third-order valence-corrected chi connectivity index (χ3v) is 7.08. The van der Waals surface area contributed by atoms with E-state index in [1.54, 1.807) is 123 Å². The van der Waals surface area contributed by atoms with E-state index in [-0.39, 0.29) is 5.78 Å². The number of ether oxygens (including phenoxy) is 4. The van der Waals surface area contributed by atoms with Crippen LogP contribution in [-0.4, -0.2) is 20.0 Å². The molecule has 0 aliphatic heterocycles. The van der Waals surface area contributed by atoms with Crippen molar-refractivity contribution in [3.8, 4) is 46.6 Å². The summed E-state index contributed by atoms with van der Waals surface area (Å²) in [6, 6.07) is 46.1. The van der Waals surface area contributed by atoms with Crippen LogP contribution in [0.2, 0.25) is 0 Å². The molecule has 0 aliphatic carbocycles. The Morgan fingerprint density at radius 2 is 0.865 bits per heavy atom. The van der Waals surface area contributed by atoms with Gasteiger partial charge in [-0.2, -0.15) is 10.5 Å². The van der Waals surface area contributed by atoms with Crippen LogP contribution in [0.3, 0.4) is 0 Å². The molecule has 6 rings (SSSR count). The smallest absolute Gasteiger partial charge is 0.194 e. The number of benzene rings is 6. The van der Waals surface area contributed by atoms with E-state index in [0.717, 1.165) is 0 Å². The molecular weight excluding hydrogens is 652 g/mol. The normalized spacial score (nSPS) is 9.35. The lowest BCUT2D eigenvalue weighted by Crippen LogP contribution is -2.01. The summed E-state index contributed by atoms with van der Waals surface area (Å²) < 4.78 is 22.1. The number of methoxy groups -OCH3 is 2. The summed E-state index contributed by atoms with van der Waals surface area (Å²) in [6.07, 6.45) is 0. The predicted molar refractivity (Wildman–Crippen MR) is 197 cm³/mol. The first-order valence-electron chi connectivity index (χ1n) is 15.5. The third kappa shape index (κ3) is 10.6. The molecule has 0 radical (unpaired) electrons. The predicted octanol–water partition coefficient (Wildman–Crippen LogP) is 10.7. The number of nitrogens with zero attached hydrogens (tertiary/aromatic N) is 4. The molecule has 0 N–H and O–H groups in total. The first kappa shape index (κ1) is 37.0. The molecule has 0 atom stereocenters. The third-order valence-electron chi connectivity index (χ3n) is 7.08. The van der Waals surface area contributed by atoms with E-state index in [1.165, 1.54) is 0 Å². The summed E-state index contributed by atoms with van der Waals surface area (Å²) in [4.78, 5) is 19.2. The maximum Gasteiger partial charge on any atom is 0.194 e. The standard InChI is InChI=1S/C27H22O5.2C8H4N2/c1-29-23-5-3-7-25(17-23)31-21-13-9-19(10-14-21)27(28)20-11-15-22(16-12-20)32-26-8-4-6-24(18-26)30-2;1-9-7-5-3-4-6-8(7)10-2;9-5-7-3-1-2-4-8(7)6-10/h3-18H,1-2H3;3-6H;1-4H. The zero-order chi connectivity index (χ0) is 37.1. The van der Waals surface area contributed by atoms with Crippen LogP contribution in [0.25, 0.3) is 9.69 Å². The molecule has 0 heterocycles. The molecular formula is C43H30N4O5. The fourth-order valence-electron chi connectivity index (χ4n) is 4.45. The number of carbonyl (C=O) groups excluding carboxylic acids is 1. The van der Waals surface area contributed by atoms with E-state index >= 15 is 0 Å². The highest BCUT2D eigenvalue weighted by atomic mass is 16.5. The Hall–Kier alpha value is -7.85. The summed E-state index contributed by atoms with van der Waals surface area (Å²) in [5.41, 5.74) is 2.87. The zero-order valence-electron chi connectivity index (χ0n) is 28.2. The molecule has 6 aromatic carbocycles. The Labute approximate surface area is 302 Å². The van der Waals surface area contributed by atoms with Crippen molar-refractivity contribution in [3.63, 3.8) is 0 Å². The van der Waals surface area contributed by atoms with Crippen LogP contribution >= 0.6 is 0 Å². The highest BCUT2D eigenvalue weighted by molar-refractivity contribution is 6.09. The first-order chi connectivity index (χ1) is 25.4. The minimum absolute atomic E-state index is 0.0779.